The van der Waals surface area contributed by atoms with Crippen molar-refractivity contribution < 1.29 is 4.74 Å². The zero-order valence-electron chi connectivity index (χ0n) is 10.3. The second-order valence-corrected chi connectivity index (χ2v) is 5.72. The molecule has 19 heavy (non-hydrogen) atoms. The summed E-state index contributed by atoms with van der Waals surface area (Å²) in [7, 11) is 1.69. The fourth-order valence-corrected chi connectivity index (χ4v) is 3.03. The van der Waals surface area contributed by atoms with Crippen LogP contribution >= 0.6 is 22.9 Å². The van der Waals surface area contributed by atoms with Crippen LogP contribution in [0.4, 0.5) is 0 Å². The van der Waals surface area contributed by atoms with Crippen molar-refractivity contribution in [2.75, 3.05) is 13.7 Å². The molecule has 0 radical (unpaired) electrons. The molecule has 0 atom stereocenters. The quantitative estimate of drug-likeness (QED) is 0.741. The molecule has 0 spiro atoms. The number of methoxy groups -OCH3 is 1. The fourth-order valence-electron chi connectivity index (χ4n) is 1.98. The van der Waals surface area contributed by atoms with E-state index in [4.69, 9.17) is 16.3 Å². The Bertz CT molecular complexity index is 707. The van der Waals surface area contributed by atoms with Crippen LogP contribution in [-0.2, 0) is 11.2 Å². The molecule has 0 saturated heterocycles. The van der Waals surface area contributed by atoms with E-state index in [-0.39, 0.29) is 0 Å². The second kappa shape index (κ2) is 5.28. The number of hydrogen-bond acceptors (Lipinski definition) is 4. The molecule has 6 heteroatoms. The van der Waals surface area contributed by atoms with Crippen molar-refractivity contribution in [3.05, 3.63) is 40.6 Å². The zero-order chi connectivity index (χ0) is 13.2. The molecule has 0 N–H and O–H groups in total. The van der Waals surface area contributed by atoms with Crippen LogP contribution in [0.15, 0.2) is 30.5 Å². The molecule has 3 aromatic rings. The van der Waals surface area contributed by atoms with Crippen molar-refractivity contribution in [1.29, 1.82) is 0 Å². The van der Waals surface area contributed by atoms with Crippen molar-refractivity contribution in [3.63, 3.8) is 0 Å². The van der Waals surface area contributed by atoms with Gasteiger partial charge in [-0.05, 0) is 24.3 Å². The molecule has 3 heterocycles. The number of imidazole rings is 1. The Kier molecular flexibility index (Phi) is 3.50. The molecule has 3 aromatic heterocycles. The van der Waals surface area contributed by atoms with Crippen LogP contribution in [0.2, 0.25) is 4.34 Å². The molecule has 0 amide bonds. The predicted molar refractivity (Wildman–Crippen MR) is 77.3 cm³/mol. The zero-order valence-corrected chi connectivity index (χ0v) is 11.9. The minimum absolute atomic E-state index is 0.627. The molecule has 3 rings (SSSR count). The topological polar surface area (TPSA) is 39.9 Å². The van der Waals surface area contributed by atoms with Gasteiger partial charge in [0.15, 0.2) is 5.65 Å². The number of pyridine rings is 1. The molecule has 0 aromatic carbocycles. The van der Waals surface area contributed by atoms with Crippen LogP contribution in [0.1, 0.15) is 5.82 Å². The number of thiophene rings is 1. The van der Waals surface area contributed by atoms with Crippen molar-refractivity contribution in [1.82, 2.24) is 14.5 Å². The van der Waals surface area contributed by atoms with Gasteiger partial charge in [-0.15, -0.1) is 11.3 Å². The monoisotopic (exact) mass is 293 g/mol. The lowest BCUT2D eigenvalue weighted by Gasteiger charge is -2.05. The van der Waals surface area contributed by atoms with Crippen LogP contribution in [0.5, 0.6) is 0 Å². The lowest BCUT2D eigenvalue weighted by molar-refractivity contribution is 0.200. The summed E-state index contributed by atoms with van der Waals surface area (Å²) >= 11 is 7.54. The molecular formula is C13H12ClN3OS. The molecule has 0 aliphatic rings. The standard InChI is InChI=1S/C13H12ClN3OS/c1-18-8-6-11-16-9-3-2-7-15-13(9)17(11)12-5-4-10(14)19-12/h2-5,7H,6,8H2,1H3. The summed E-state index contributed by atoms with van der Waals surface area (Å²) in [5, 5.41) is 1.03. The van der Waals surface area contributed by atoms with Crippen LogP contribution < -0.4 is 0 Å². The summed E-state index contributed by atoms with van der Waals surface area (Å²) in [5.74, 6) is 0.939. The van der Waals surface area contributed by atoms with Gasteiger partial charge >= 0.3 is 0 Å². The third-order valence-electron chi connectivity index (χ3n) is 2.79. The lowest BCUT2D eigenvalue weighted by atomic mass is 10.4. The van der Waals surface area contributed by atoms with E-state index in [0.29, 0.717) is 6.61 Å². The van der Waals surface area contributed by atoms with Crippen LogP contribution in [0.3, 0.4) is 0 Å². The summed E-state index contributed by atoms with van der Waals surface area (Å²) < 4.78 is 7.94. The Morgan fingerprint density at radius 1 is 1.37 bits per heavy atom. The van der Waals surface area contributed by atoms with Gasteiger partial charge in [-0.2, -0.15) is 0 Å². The van der Waals surface area contributed by atoms with Crippen LogP contribution in [0, 0.1) is 0 Å². The van der Waals surface area contributed by atoms with Gasteiger partial charge in [0.2, 0.25) is 0 Å². The number of nitrogens with zero attached hydrogens (tertiary/aromatic N) is 3. The third kappa shape index (κ3) is 2.36. The van der Waals surface area contributed by atoms with Gasteiger partial charge in [0.25, 0.3) is 0 Å². The van der Waals surface area contributed by atoms with E-state index in [0.717, 1.165) is 32.7 Å². The Morgan fingerprint density at radius 3 is 3.00 bits per heavy atom. The summed E-state index contributed by atoms with van der Waals surface area (Å²) in [6.07, 6.45) is 2.51. The van der Waals surface area contributed by atoms with Crippen molar-refractivity contribution >= 4 is 34.1 Å². The Morgan fingerprint density at radius 2 is 2.26 bits per heavy atom. The summed E-state index contributed by atoms with van der Waals surface area (Å²) in [6.45, 7) is 0.627. The van der Waals surface area contributed by atoms with E-state index < -0.39 is 0 Å². The molecule has 4 nitrogen and oxygen atoms in total. The Balaban J connectivity index is 2.18. The van der Waals surface area contributed by atoms with Crippen molar-refractivity contribution in [2.24, 2.45) is 0 Å². The van der Waals surface area contributed by atoms with E-state index in [1.54, 1.807) is 13.3 Å². The van der Waals surface area contributed by atoms with E-state index in [9.17, 15) is 0 Å². The number of hydrogen-bond donors (Lipinski definition) is 0. The molecule has 0 fully saturated rings. The van der Waals surface area contributed by atoms with Gasteiger partial charge in [0.1, 0.15) is 16.3 Å². The molecule has 0 aliphatic carbocycles. The fraction of sp³-hybridized carbons (Fsp3) is 0.231. The Hall–Kier alpha value is -1.43. The number of halogens is 1. The van der Waals surface area contributed by atoms with Crippen LogP contribution in [0.25, 0.3) is 16.2 Å². The van der Waals surface area contributed by atoms with Gasteiger partial charge in [-0.25, -0.2) is 9.97 Å². The molecule has 98 valence electrons. The number of ether oxygens (including phenoxy) is 1. The first-order valence-electron chi connectivity index (χ1n) is 5.86. The first-order valence-corrected chi connectivity index (χ1v) is 7.06. The van der Waals surface area contributed by atoms with Crippen molar-refractivity contribution in [2.45, 2.75) is 6.42 Å². The highest BCUT2D eigenvalue weighted by Gasteiger charge is 2.14. The highest BCUT2D eigenvalue weighted by molar-refractivity contribution is 7.18. The minimum Gasteiger partial charge on any atom is -0.384 e. The maximum atomic E-state index is 6.02. The number of rotatable bonds is 4. The lowest BCUT2D eigenvalue weighted by Crippen LogP contribution is -2.04. The largest absolute Gasteiger partial charge is 0.384 e. The van der Waals surface area contributed by atoms with E-state index in [2.05, 4.69) is 9.97 Å². The highest BCUT2D eigenvalue weighted by atomic mass is 35.5. The molecular weight excluding hydrogens is 282 g/mol. The smallest absolute Gasteiger partial charge is 0.165 e. The van der Waals surface area contributed by atoms with E-state index >= 15 is 0 Å². The average molecular weight is 294 g/mol. The second-order valence-electron chi connectivity index (χ2n) is 4.03. The number of fused-ring (bicyclic) bond motifs is 1. The molecule has 0 bridgehead atoms. The van der Waals surface area contributed by atoms with Gasteiger partial charge < -0.3 is 4.74 Å². The van der Waals surface area contributed by atoms with E-state index in [1.807, 2.05) is 28.8 Å². The molecule has 0 saturated carbocycles. The maximum absolute atomic E-state index is 6.02. The van der Waals surface area contributed by atoms with E-state index in [1.165, 1.54) is 11.3 Å². The molecule has 0 aliphatic heterocycles. The maximum Gasteiger partial charge on any atom is 0.165 e. The SMILES string of the molecule is COCCc1nc2cccnc2n1-c1ccc(Cl)s1. The first kappa shape index (κ1) is 12.6. The normalized spacial score (nSPS) is 11.3. The number of aromatic nitrogens is 3. The van der Waals surface area contributed by atoms with Gasteiger partial charge in [0.05, 0.1) is 10.9 Å². The van der Waals surface area contributed by atoms with Crippen LogP contribution in [-0.4, -0.2) is 28.3 Å². The van der Waals surface area contributed by atoms with Gasteiger partial charge in [0, 0.05) is 19.7 Å². The minimum atomic E-state index is 0.627. The summed E-state index contributed by atoms with van der Waals surface area (Å²) in [4.78, 5) is 9.04. The molecule has 0 unspecified atom stereocenters. The first-order chi connectivity index (χ1) is 9.29. The Labute approximate surface area is 119 Å². The van der Waals surface area contributed by atoms with Gasteiger partial charge in [-0.1, -0.05) is 11.6 Å². The average Bonchev–Trinajstić information content (AvgIpc) is 2.99. The summed E-state index contributed by atoms with van der Waals surface area (Å²) in [5.41, 5.74) is 1.74. The predicted octanol–water partition coefficient (Wildman–Crippen LogP) is 3.32. The van der Waals surface area contributed by atoms with Gasteiger partial charge in [-0.3, -0.25) is 4.57 Å². The highest BCUT2D eigenvalue weighted by Crippen LogP contribution is 2.28. The van der Waals surface area contributed by atoms with Crippen molar-refractivity contribution in [3.8, 4) is 5.00 Å². The summed E-state index contributed by atoms with van der Waals surface area (Å²) in [6, 6.07) is 7.72. The third-order valence-corrected chi connectivity index (χ3v) is 4.01.